The number of hydrogen-bond acceptors (Lipinski definition) is 5. The highest BCUT2D eigenvalue weighted by atomic mass is 35.5. The third-order valence-electron chi connectivity index (χ3n) is 2.64. The molecule has 0 saturated carbocycles. The molecule has 108 valence electrons. The van der Waals surface area contributed by atoms with Crippen LogP contribution in [0.2, 0.25) is 0 Å². The molecule has 7 heteroatoms. The Morgan fingerprint density at radius 2 is 2.10 bits per heavy atom. The molecule has 1 aromatic heterocycles. The van der Waals surface area contributed by atoms with Gasteiger partial charge in [-0.25, -0.2) is 0 Å². The summed E-state index contributed by atoms with van der Waals surface area (Å²) in [6.45, 7) is 0.169. The number of hydrogen-bond donors (Lipinski definition) is 3. The smallest absolute Gasteiger partial charge is 0.251 e. The average molecular weight is 299 g/mol. The predicted octanol–water partition coefficient (Wildman–Crippen LogP) is 0.396. The highest BCUT2D eigenvalue weighted by molar-refractivity contribution is 5.97. The fourth-order valence-electron chi connectivity index (χ4n) is 1.72. The van der Waals surface area contributed by atoms with Crippen LogP contribution in [-0.4, -0.2) is 24.2 Å². The van der Waals surface area contributed by atoms with Crippen molar-refractivity contribution in [1.29, 1.82) is 0 Å². The van der Waals surface area contributed by atoms with E-state index in [1.54, 1.807) is 12.1 Å². The van der Waals surface area contributed by atoms with Crippen LogP contribution in [0.3, 0.4) is 0 Å². The molecule has 2 rings (SSSR count). The highest BCUT2D eigenvalue weighted by Gasteiger charge is 2.09. The van der Waals surface area contributed by atoms with E-state index in [0.717, 1.165) is 0 Å². The largest absolute Gasteiger partial charge is 0.459 e. The van der Waals surface area contributed by atoms with Crippen LogP contribution >= 0.6 is 12.4 Å². The Kier molecular flexibility index (Phi) is 5.69. The molecule has 1 amide bonds. The van der Waals surface area contributed by atoms with Gasteiger partial charge < -0.3 is 20.6 Å². The Morgan fingerprint density at radius 3 is 2.75 bits per heavy atom. The standard InChI is InChI=1S/C13H14N2O4.ClH/c14-7-9-6-11(17)10-5-8(1-2-12(10)19-9)13(18)15-3-4-16;/h1-2,5-6,16H,3-4,7,14H2,(H,15,18);1H. The van der Waals surface area contributed by atoms with Crippen molar-refractivity contribution < 1.29 is 14.3 Å². The number of aliphatic hydroxyl groups is 1. The first kappa shape index (κ1) is 16.2. The lowest BCUT2D eigenvalue weighted by molar-refractivity contribution is 0.0945. The Labute approximate surface area is 121 Å². The molecule has 0 saturated heterocycles. The van der Waals surface area contributed by atoms with E-state index in [4.69, 9.17) is 15.3 Å². The third-order valence-corrected chi connectivity index (χ3v) is 2.64. The highest BCUT2D eigenvalue weighted by Crippen LogP contribution is 2.14. The molecule has 0 spiro atoms. The number of carbonyl (C=O) groups excluding carboxylic acids is 1. The molecule has 0 fully saturated rings. The number of nitrogens with two attached hydrogens (primary N) is 1. The van der Waals surface area contributed by atoms with Gasteiger partial charge in [-0.3, -0.25) is 9.59 Å². The first-order valence-corrected chi connectivity index (χ1v) is 5.81. The molecule has 0 unspecified atom stereocenters. The zero-order valence-corrected chi connectivity index (χ0v) is 11.4. The zero-order valence-electron chi connectivity index (χ0n) is 10.6. The molecule has 0 aliphatic rings. The van der Waals surface area contributed by atoms with Crippen LogP contribution < -0.4 is 16.5 Å². The van der Waals surface area contributed by atoms with Crippen molar-refractivity contribution in [3.8, 4) is 0 Å². The van der Waals surface area contributed by atoms with Gasteiger partial charge in [-0.05, 0) is 18.2 Å². The van der Waals surface area contributed by atoms with Gasteiger partial charge in [0.1, 0.15) is 11.3 Å². The van der Waals surface area contributed by atoms with Crippen molar-refractivity contribution in [2.45, 2.75) is 6.54 Å². The first-order valence-electron chi connectivity index (χ1n) is 5.81. The quantitative estimate of drug-likeness (QED) is 0.757. The second-order valence-corrected chi connectivity index (χ2v) is 3.97. The number of benzene rings is 1. The second kappa shape index (κ2) is 7.04. The number of halogens is 1. The number of fused-ring (bicyclic) bond motifs is 1. The molecule has 4 N–H and O–H groups in total. The summed E-state index contributed by atoms with van der Waals surface area (Å²) in [6.07, 6.45) is 0. The second-order valence-electron chi connectivity index (χ2n) is 3.97. The van der Waals surface area contributed by atoms with Gasteiger partial charge in [0.15, 0.2) is 5.43 Å². The molecular weight excluding hydrogens is 284 g/mol. The molecule has 0 atom stereocenters. The summed E-state index contributed by atoms with van der Waals surface area (Å²) in [4.78, 5) is 23.6. The maximum atomic E-state index is 11.9. The van der Waals surface area contributed by atoms with E-state index in [2.05, 4.69) is 5.32 Å². The number of nitrogens with one attached hydrogen (secondary N) is 1. The Bertz CT molecular complexity index is 669. The summed E-state index contributed by atoms with van der Waals surface area (Å²) in [6, 6.07) is 5.90. The van der Waals surface area contributed by atoms with Crippen LogP contribution in [-0.2, 0) is 6.54 Å². The lowest BCUT2D eigenvalue weighted by atomic mass is 10.1. The van der Waals surface area contributed by atoms with E-state index < -0.39 is 0 Å². The molecular formula is C13H15ClN2O4. The molecule has 20 heavy (non-hydrogen) atoms. The van der Waals surface area contributed by atoms with Crippen molar-refractivity contribution in [3.05, 3.63) is 45.8 Å². The van der Waals surface area contributed by atoms with Crippen molar-refractivity contribution in [2.24, 2.45) is 5.73 Å². The SMILES string of the molecule is Cl.NCc1cc(=O)c2cc(C(=O)NCCO)ccc2o1. The van der Waals surface area contributed by atoms with Crippen LogP contribution in [0.15, 0.2) is 33.5 Å². The monoisotopic (exact) mass is 298 g/mol. The predicted molar refractivity (Wildman–Crippen MR) is 77.0 cm³/mol. The lowest BCUT2D eigenvalue weighted by Gasteiger charge is -2.05. The lowest BCUT2D eigenvalue weighted by Crippen LogP contribution is -2.26. The van der Waals surface area contributed by atoms with E-state index in [0.29, 0.717) is 22.3 Å². The number of amides is 1. The van der Waals surface area contributed by atoms with Gasteiger partial charge in [-0.1, -0.05) is 0 Å². The maximum Gasteiger partial charge on any atom is 0.251 e. The molecule has 0 radical (unpaired) electrons. The molecule has 1 heterocycles. The summed E-state index contributed by atoms with van der Waals surface area (Å²) in [5.74, 6) is 0.0493. The van der Waals surface area contributed by atoms with Crippen LogP contribution in [0.1, 0.15) is 16.1 Å². The van der Waals surface area contributed by atoms with Crippen LogP contribution in [0.5, 0.6) is 0 Å². The van der Waals surface area contributed by atoms with Crippen molar-refractivity contribution in [3.63, 3.8) is 0 Å². The molecule has 2 aromatic rings. The third kappa shape index (κ3) is 3.36. The Balaban J connectivity index is 0.00000200. The zero-order chi connectivity index (χ0) is 13.8. The summed E-state index contributed by atoms with van der Waals surface area (Å²) >= 11 is 0. The van der Waals surface area contributed by atoms with Gasteiger partial charge in [0.25, 0.3) is 5.91 Å². The normalized spacial score (nSPS) is 10.1. The van der Waals surface area contributed by atoms with Crippen LogP contribution in [0.4, 0.5) is 0 Å². The minimum absolute atomic E-state index is 0. The fraction of sp³-hybridized carbons (Fsp3) is 0.231. The van der Waals surface area contributed by atoms with Gasteiger partial charge in [-0.15, -0.1) is 12.4 Å². The fourth-order valence-corrected chi connectivity index (χ4v) is 1.72. The van der Waals surface area contributed by atoms with E-state index in [-0.39, 0.29) is 43.4 Å². The van der Waals surface area contributed by atoms with Gasteiger partial charge in [0.05, 0.1) is 18.5 Å². The minimum Gasteiger partial charge on any atom is -0.459 e. The van der Waals surface area contributed by atoms with Gasteiger partial charge in [-0.2, -0.15) is 0 Å². The number of aliphatic hydroxyl groups excluding tert-OH is 1. The Morgan fingerprint density at radius 1 is 1.35 bits per heavy atom. The van der Waals surface area contributed by atoms with E-state index in [1.165, 1.54) is 12.1 Å². The van der Waals surface area contributed by atoms with Crippen molar-refractivity contribution >= 4 is 29.3 Å². The van der Waals surface area contributed by atoms with E-state index >= 15 is 0 Å². The van der Waals surface area contributed by atoms with Crippen LogP contribution in [0, 0.1) is 0 Å². The molecule has 0 aliphatic heterocycles. The number of rotatable bonds is 4. The molecule has 1 aromatic carbocycles. The molecule has 6 nitrogen and oxygen atoms in total. The molecule has 0 bridgehead atoms. The van der Waals surface area contributed by atoms with Crippen LogP contribution in [0.25, 0.3) is 11.0 Å². The summed E-state index contributed by atoms with van der Waals surface area (Å²) in [7, 11) is 0. The van der Waals surface area contributed by atoms with E-state index in [1.807, 2.05) is 0 Å². The summed E-state index contributed by atoms with van der Waals surface area (Å²) in [5.41, 5.74) is 5.92. The molecule has 0 aliphatic carbocycles. The number of carbonyl (C=O) groups is 1. The summed E-state index contributed by atoms with van der Waals surface area (Å²) in [5, 5.41) is 11.5. The van der Waals surface area contributed by atoms with Crippen molar-refractivity contribution in [2.75, 3.05) is 13.2 Å². The minimum atomic E-state index is -0.349. The average Bonchev–Trinajstić information content (AvgIpc) is 2.44. The van der Waals surface area contributed by atoms with E-state index in [9.17, 15) is 9.59 Å². The maximum absolute atomic E-state index is 11.9. The van der Waals surface area contributed by atoms with Crippen molar-refractivity contribution in [1.82, 2.24) is 5.32 Å². The Hall–Kier alpha value is -1.89. The first-order chi connectivity index (χ1) is 9.15. The van der Waals surface area contributed by atoms with Gasteiger partial charge in [0.2, 0.25) is 0 Å². The van der Waals surface area contributed by atoms with Gasteiger partial charge >= 0.3 is 0 Å². The summed E-state index contributed by atoms with van der Waals surface area (Å²) < 4.78 is 5.41. The topological polar surface area (TPSA) is 106 Å². The van der Waals surface area contributed by atoms with Gasteiger partial charge in [0, 0.05) is 18.2 Å².